The van der Waals surface area contributed by atoms with Crippen LogP contribution in [0.3, 0.4) is 0 Å². The number of hydrogen-bond acceptors (Lipinski definition) is 6. The monoisotopic (exact) mass is 472 g/mol. The Balaban J connectivity index is 1.96. The summed E-state index contributed by atoms with van der Waals surface area (Å²) >= 11 is 0. The van der Waals surface area contributed by atoms with Gasteiger partial charge in [-0.05, 0) is 43.9 Å². The van der Waals surface area contributed by atoms with Crippen LogP contribution in [0.2, 0.25) is 0 Å². The number of amides is 1. The molecule has 2 aliphatic rings. The molecule has 0 N–H and O–H groups in total. The molecular weight excluding hydrogens is 440 g/mol. The minimum atomic E-state index is -3.73. The van der Waals surface area contributed by atoms with Crippen molar-refractivity contribution in [1.82, 2.24) is 9.21 Å². The average molecular weight is 473 g/mol. The van der Waals surface area contributed by atoms with Crippen LogP contribution in [0.4, 0.5) is 0 Å². The van der Waals surface area contributed by atoms with E-state index in [1.807, 2.05) is 6.92 Å². The Hall–Kier alpha value is -1.65. The molecule has 2 saturated heterocycles. The Bertz CT molecular complexity index is 999. The molecule has 0 spiro atoms. The van der Waals surface area contributed by atoms with E-state index in [1.165, 1.54) is 29.6 Å². The fourth-order valence-corrected chi connectivity index (χ4v) is 7.59. The van der Waals surface area contributed by atoms with E-state index in [9.17, 15) is 21.6 Å². The molecule has 0 saturated carbocycles. The standard InChI is InChI=1S/C21H32N2O6S2/c1-3-11-23(17-10-14-30(25,26)16-17)21(24)19-15-18(8-9-20(19)29-2)31(27,28)22-12-6-4-5-7-13-22/h8-9,15,17H,3-7,10-14,16H2,1-2H3/t17-/m0/s1. The van der Waals surface area contributed by atoms with Crippen LogP contribution in [0, 0.1) is 0 Å². The lowest BCUT2D eigenvalue weighted by atomic mass is 10.1. The van der Waals surface area contributed by atoms with Crippen molar-refractivity contribution in [2.24, 2.45) is 0 Å². The number of benzene rings is 1. The Morgan fingerprint density at radius 3 is 2.42 bits per heavy atom. The fourth-order valence-electron chi connectivity index (χ4n) is 4.31. The molecule has 0 unspecified atom stereocenters. The van der Waals surface area contributed by atoms with E-state index < -0.39 is 31.8 Å². The first kappa shape index (κ1) is 24.0. The van der Waals surface area contributed by atoms with Gasteiger partial charge in [0, 0.05) is 25.7 Å². The summed E-state index contributed by atoms with van der Waals surface area (Å²) in [5, 5.41) is 0. The molecular formula is C21H32N2O6S2. The summed E-state index contributed by atoms with van der Waals surface area (Å²) in [4.78, 5) is 15.1. The van der Waals surface area contributed by atoms with Gasteiger partial charge in [-0.3, -0.25) is 4.79 Å². The van der Waals surface area contributed by atoms with E-state index in [0.717, 1.165) is 25.7 Å². The van der Waals surface area contributed by atoms with Crippen LogP contribution in [0.5, 0.6) is 5.75 Å². The second kappa shape index (κ2) is 9.87. The lowest BCUT2D eigenvalue weighted by Crippen LogP contribution is -2.42. The molecule has 0 bridgehead atoms. The third-order valence-corrected chi connectivity index (χ3v) is 9.62. The molecule has 1 atom stereocenters. The molecule has 2 heterocycles. The van der Waals surface area contributed by atoms with Crippen molar-refractivity contribution in [2.45, 2.75) is 56.4 Å². The summed E-state index contributed by atoms with van der Waals surface area (Å²) in [6.07, 6.45) is 4.71. The van der Waals surface area contributed by atoms with Crippen LogP contribution in [0.25, 0.3) is 0 Å². The highest BCUT2D eigenvalue weighted by molar-refractivity contribution is 7.91. The minimum absolute atomic E-state index is 0.0612. The molecule has 2 fully saturated rings. The van der Waals surface area contributed by atoms with Gasteiger partial charge in [0.15, 0.2) is 9.84 Å². The molecule has 174 valence electrons. The van der Waals surface area contributed by atoms with Crippen LogP contribution >= 0.6 is 0 Å². The number of sulfone groups is 1. The smallest absolute Gasteiger partial charge is 0.257 e. The highest BCUT2D eigenvalue weighted by atomic mass is 32.2. The maximum absolute atomic E-state index is 13.5. The van der Waals surface area contributed by atoms with Gasteiger partial charge in [-0.25, -0.2) is 16.8 Å². The normalized spacial score (nSPS) is 22.1. The summed E-state index contributed by atoms with van der Waals surface area (Å²) in [7, 11) is -5.47. The summed E-state index contributed by atoms with van der Waals surface area (Å²) < 4.78 is 57.3. The van der Waals surface area contributed by atoms with Crippen LogP contribution in [0.1, 0.15) is 55.8 Å². The maximum Gasteiger partial charge on any atom is 0.257 e. The fraction of sp³-hybridized carbons (Fsp3) is 0.667. The van der Waals surface area contributed by atoms with E-state index in [2.05, 4.69) is 0 Å². The summed E-state index contributed by atoms with van der Waals surface area (Å²) in [6.45, 7) is 3.26. The first-order valence-corrected chi connectivity index (χ1v) is 14.2. The predicted octanol–water partition coefficient (Wildman–Crippen LogP) is 2.30. The molecule has 31 heavy (non-hydrogen) atoms. The number of carbonyl (C=O) groups excluding carboxylic acids is 1. The molecule has 1 amide bonds. The van der Waals surface area contributed by atoms with Gasteiger partial charge in [-0.2, -0.15) is 4.31 Å². The number of rotatable bonds is 7. The quantitative estimate of drug-likeness (QED) is 0.604. The van der Waals surface area contributed by atoms with Crippen molar-refractivity contribution in [1.29, 1.82) is 0 Å². The van der Waals surface area contributed by atoms with Crippen molar-refractivity contribution >= 4 is 25.8 Å². The highest BCUT2D eigenvalue weighted by Gasteiger charge is 2.36. The molecule has 10 heteroatoms. The van der Waals surface area contributed by atoms with Crippen molar-refractivity contribution in [3.63, 3.8) is 0 Å². The molecule has 8 nitrogen and oxygen atoms in total. The second-order valence-corrected chi connectivity index (χ2v) is 12.4. The largest absolute Gasteiger partial charge is 0.496 e. The Kier molecular flexibility index (Phi) is 7.64. The topological polar surface area (TPSA) is 101 Å². The number of nitrogens with zero attached hydrogens (tertiary/aromatic N) is 2. The van der Waals surface area contributed by atoms with E-state index in [4.69, 9.17) is 4.74 Å². The van der Waals surface area contributed by atoms with Gasteiger partial charge >= 0.3 is 0 Å². The molecule has 0 aromatic heterocycles. The zero-order valence-electron chi connectivity index (χ0n) is 18.2. The van der Waals surface area contributed by atoms with Gasteiger partial charge in [-0.1, -0.05) is 19.8 Å². The third-order valence-electron chi connectivity index (χ3n) is 5.98. The highest BCUT2D eigenvalue weighted by Crippen LogP contribution is 2.29. The van der Waals surface area contributed by atoms with E-state index in [1.54, 1.807) is 4.90 Å². The molecule has 1 aromatic carbocycles. The van der Waals surface area contributed by atoms with Gasteiger partial charge in [0.25, 0.3) is 5.91 Å². The van der Waals surface area contributed by atoms with Gasteiger partial charge in [-0.15, -0.1) is 0 Å². The number of sulfonamides is 1. The number of carbonyl (C=O) groups is 1. The van der Waals surface area contributed by atoms with E-state index >= 15 is 0 Å². The van der Waals surface area contributed by atoms with E-state index in [0.29, 0.717) is 32.5 Å². The van der Waals surface area contributed by atoms with Crippen molar-refractivity contribution < 1.29 is 26.4 Å². The summed E-state index contributed by atoms with van der Waals surface area (Å²) in [5.74, 6) is -0.117. The second-order valence-electron chi connectivity index (χ2n) is 8.24. The third kappa shape index (κ3) is 5.40. The van der Waals surface area contributed by atoms with Crippen LogP contribution in [-0.4, -0.2) is 76.2 Å². The lowest BCUT2D eigenvalue weighted by Gasteiger charge is -2.29. The summed E-state index contributed by atoms with van der Waals surface area (Å²) in [5.41, 5.74) is 0.149. The first-order chi connectivity index (χ1) is 14.7. The predicted molar refractivity (Wildman–Crippen MR) is 119 cm³/mol. The first-order valence-electron chi connectivity index (χ1n) is 10.9. The Morgan fingerprint density at radius 2 is 1.87 bits per heavy atom. The van der Waals surface area contributed by atoms with Gasteiger partial charge < -0.3 is 9.64 Å². The van der Waals surface area contributed by atoms with Gasteiger partial charge in [0.1, 0.15) is 5.75 Å². The van der Waals surface area contributed by atoms with Gasteiger partial charge in [0.05, 0.1) is 29.1 Å². The molecule has 0 aliphatic carbocycles. The summed E-state index contributed by atoms with van der Waals surface area (Å²) in [6, 6.07) is 3.95. The molecule has 1 aromatic rings. The van der Waals surface area contributed by atoms with Crippen LogP contribution < -0.4 is 4.74 Å². The zero-order valence-corrected chi connectivity index (χ0v) is 19.9. The lowest BCUT2D eigenvalue weighted by molar-refractivity contribution is 0.0693. The Labute approximate surface area is 185 Å². The minimum Gasteiger partial charge on any atom is -0.496 e. The Morgan fingerprint density at radius 1 is 1.19 bits per heavy atom. The van der Waals surface area contributed by atoms with Crippen LogP contribution in [-0.2, 0) is 19.9 Å². The molecule has 3 rings (SSSR count). The van der Waals surface area contributed by atoms with Gasteiger partial charge in [0.2, 0.25) is 10.0 Å². The number of ether oxygens (including phenoxy) is 1. The average Bonchev–Trinajstić information content (AvgIpc) is 2.94. The maximum atomic E-state index is 13.5. The van der Waals surface area contributed by atoms with Crippen LogP contribution in [0.15, 0.2) is 23.1 Å². The van der Waals surface area contributed by atoms with E-state index in [-0.39, 0.29) is 27.7 Å². The molecule has 0 radical (unpaired) electrons. The number of hydrogen-bond donors (Lipinski definition) is 0. The molecule has 2 aliphatic heterocycles. The van der Waals surface area contributed by atoms with Crippen molar-refractivity contribution in [2.75, 3.05) is 38.2 Å². The van der Waals surface area contributed by atoms with Crippen molar-refractivity contribution in [3.8, 4) is 5.75 Å². The van der Waals surface area contributed by atoms with Crippen molar-refractivity contribution in [3.05, 3.63) is 23.8 Å². The number of methoxy groups -OCH3 is 1. The zero-order chi connectivity index (χ0) is 22.6. The SMILES string of the molecule is CCCN(C(=O)c1cc(S(=O)(=O)N2CCCCCC2)ccc1OC)[C@H]1CCS(=O)(=O)C1.